The first-order chi connectivity index (χ1) is 19.7. The van der Waals surface area contributed by atoms with Crippen LogP contribution in [-0.4, -0.2) is 31.1 Å². The molecule has 41 heavy (non-hydrogen) atoms. The number of nitrogens with one attached hydrogen (secondary N) is 3. The van der Waals surface area contributed by atoms with Crippen LogP contribution in [0.3, 0.4) is 0 Å². The van der Waals surface area contributed by atoms with Crippen molar-refractivity contribution in [3.63, 3.8) is 0 Å². The molecule has 5 N–H and O–H groups in total. The van der Waals surface area contributed by atoms with Gasteiger partial charge in [0.15, 0.2) is 5.13 Å². The predicted molar refractivity (Wildman–Crippen MR) is 162 cm³/mol. The molecular formula is C31H30FN7OS. The lowest BCUT2D eigenvalue weighted by Gasteiger charge is -2.17. The van der Waals surface area contributed by atoms with Crippen molar-refractivity contribution in [1.82, 2.24) is 30.5 Å². The number of pyridine rings is 2. The van der Waals surface area contributed by atoms with E-state index < -0.39 is 0 Å². The molecule has 5 heterocycles. The zero-order valence-corrected chi connectivity index (χ0v) is 23.8. The lowest BCUT2D eigenvalue weighted by atomic mass is 9.92. The minimum absolute atomic E-state index is 0.0453. The van der Waals surface area contributed by atoms with E-state index in [0.29, 0.717) is 34.6 Å². The number of aromatic nitrogens is 5. The van der Waals surface area contributed by atoms with E-state index in [9.17, 15) is 9.18 Å². The molecule has 1 amide bonds. The third-order valence-electron chi connectivity index (χ3n) is 6.71. The molecule has 0 radical (unpaired) electrons. The third-order valence-corrected chi connectivity index (χ3v) is 7.61. The van der Waals surface area contributed by atoms with Crippen LogP contribution in [0.15, 0.2) is 72.3 Å². The molecule has 0 saturated heterocycles. The van der Waals surface area contributed by atoms with Gasteiger partial charge in [-0.05, 0) is 60.7 Å². The minimum atomic E-state index is -0.245. The number of hydrogen-bond acceptors (Lipinski definition) is 6. The Hall–Kier alpha value is -4.57. The Morgan fingerprint density at radius 3 is 2.71 bits per heavy atom. The standard InChI is InChI=1S/C31H30FN7OS/c1-31(2,3)13-28(40)35-19(10-17-4-5-17)11-18(14-33)22-6-7-23-29(37-22)30(39-38-23)24-12-20-21(15-34-16-25(20)36-24)26-8-9-27(32)41-26/h6-12,14-16,36H,4-5,13,33H2,1-3H3,(H,35,40)(H,38,39)/b18-14+,19-11+. The summed E-state index contributed by atoms with van der Waals surface area (Å²) in [5.41, 5.74) is 13.7. The predicted octanol–water partition coefficient (Wildman–Crippen LogP) is 6.82. The molecule has 0 unspecified atom stereocenters. The number of nitrogens with two attached hydrogens (primary N) is 1. The molecular weight excluding hydrogens is 537 g/mol. The summed E-state index contributed by atoms with van der Waals surface area (Å²) in [7, 11) is 0. The number of rotatable bonds is 7. The fraction of sp³-hybridized carbons (Fsp3) is 0.226. The van der Waals surface area contributed by atoms with Gasteiger partial charge in [0.1, 0.15) is 11.2 Å². The number of carbonyl (C=O) groups is 1. The number of nitrogens with zero attached hydrogens (tertiary/aromatic N) is 3. The maximum absolute atomic E-state index is 13.7. The van der Waals surface area contributed by atoms with Gasteiger partial charge in [-0.15, -0.1) is 11.3 Å². The lowest BCUT2D eigenvalue weighted by Crippen LogP contribution is -2.26. The van der Waals surface area contributed by atoms with Crippen LogP contribution in [0.4, 0.5) is 4.39 Å². The van der Waals surface area contributed by atoms with Crippen LogP contribution < -0.4 is 11.1 Å². The molecule has 0 atom stereocenters. The van der Waals surface area contributed by atoms with Crippen LogP contribution >= 0.6 is 11.3 Å². The van der Waals surface area contributed by atoms with Gasteiger partial charge in [-0.25, -0.2) is 4.98 Å². The number of carbonyl (C=O) groups excluding carboxylic acids is 1. The number of H-pyrrole nitrogens is 2. The second-order valence-electron chi connectivity index (χ2n) is 11.4. The summed E-state index contributed by atoms with van der Waals surface area (Å²) in [5, 5.41) is 11.3. The number of amides is 1. The Balaban J connectivity index is 1.36. The molecule has 1 aliphatic carbocycles. The fourth-order valence-corrected chi connectivity index (χ4v) is 5.45. The van der Waals surface area contributed by atoms with E-state index >= 15 is 0 Å². The maximum Gasteiger partial charge on any atom is 0.224 e. The van der Waals surface area contributed by atoms with E-state index in [-0.39, 0.29) is 16.5 Å². The number of aromatic amines is 2. The Morgan fingerprint density at radius 2 is 2.00 bits per heavy atom. The third kappa shape index (κ3) is 5.83. The monoisotopic (exact) mass is 567 g/mol. The number of allylic oxidation sites excluding steroid dienone is 4. The van der Waals surface area contributed by atoms with E-state index in [0.717, 1.165) is 56.7 Å². The van der Waals surface area contributed by atoms with E-state index in [1.807, 2.05) is 51.1 Å². The molecule has 208 valence electrons. The molecule has 8 nitrogen and oxygen atoms in total. The molecule has 0 aliphatic heterocycles. The Morgan fingerprint density at radius 1 is 1.17 bits per heavy atom. The van der Waals surface area contributed by atoms with Gasteiger partial charge < -0.3 is 16.0 Å². The van der Waals surface area contributed by atoms with Gasteiger partial charge in [0.2, 0.25) is 5.91 Å². The van der Waals surface area contributed by atoms with Crippen molar-refractivity contribution in [2.75, 3.05) is 0 Å². The van der Waals surface area contributed by atoms with Crippen LogP contribution in [0.1, 0.15) is 45.7 Å². The first-order valence-corrected chi connectivity index (χ1v) is 14.2. The molecule has 1 fully saturated rings. The zero-order chi connectivity index (χ0) is 28.7. The van der Waals surface area contributed by atoms with Crippen molar-refractivity contribution in [2.24, 2.45) is 11.1 Å². The van der Waals surface area contributed by atoms with Crippen LogP contribution in [0.25, 0.3) is 49.3 Å². The topological polar surface area (TPSA) is 125 Å². The highest BCUT2D eigenvalue weighted by Crippen LogP contribution is 2.36. The smallest absolute Gasteiger partial charge is 0.224 e. The van der Waals surface area contributed by atoms with Crippen molar-refractivity contribution >= 4 is 44.8 Å². The Kier molecular flexibility index (Phi) is 6.78. The first kappa shape index (κ1) is 26.6. The van der Waals surface area contributed by atoms with Gasteiger partial charge in [0.05, 0.1) is 28.6 Å². The molecule has 1 aliphatic rings. The Bertz CT molecular complexity index is 1880. The van der Waals surface area contributed by atoms with Crippen LogP contribution in [0, 0.1) is 10.5 Å². The summed E-state index contributed by atoms with van der Waals surface area (Å²) in [6.45, 7) is 6.11. The van der Waals surface area contributed by atoms with Gasteiger partial charge in [-0.1, -0.05) is 26.3 Å². The van der Waals surface area contributed by atoms with Crippen LogP contribution in [0.2, 0.25) is 0 Å². The fourth-order valence-electron chi connectivity index (χ4n) is 4.69. The largest absolute Gasteiger partial charge is 0.404 e. The lowest BCUT2D eigenvalue weighted by molar-refractivity contribution is -0.122. The summed E-state index contributed by atoms with van der Waals surface area (Å²) in [5.74, 6) is -0.0453. The normalized spacial score (nSPS) is 14.2. The highest BCUT2D eigenvalue weighted by Gasteiger charge is 2.19. The van der Waals surface area contributed by atoms with Gasteiger partial charge in [-0.2, -0.15) is 9.49 Å². The molecule has 5 aromatic rings. The minimum Gasteiger partial charge on any atom is -0.404 e. The average molecular weight is 568 g/mol. The highest BCUT2D eigenvalue weighted by molar-refractivity contribution is 7.14. The van der Waals surface area contributed by atoms with Crippen molar-refractivity contribution in [2.45, 2.75) is 40.0 Å². The number of hydrogen-bond donors (Lipinski definition) is 4. The van der Waals surface area contributed by atoms with Crippen LogP contribution in [0.5, 0.6) is 0 Å². The van der Waals surface area contributed by atoms with Crippen molar-refractivity contribution in [3.8, 4) is 21.8 Å². The van der Waals surface area contributed by atoms with Gasteiger partial charge >= 0.3 is 0 Å². The van der Waals surface area contributed by atoms with Crippen molar-refractivity contribution < 1.29 is 9.18 Å². The van der Waals surface area contributed by atoms with E-state index in [2.05, 4.69) is 25.5 Å². The quantitative estimate of drug-likeness (QED) is 0.161. The van der Waals surface area contributed by atoms with Crippen molar-refractivity contribution in [3.05, 3.63) is 83.2 Å². The van der Waals surface area contributed by atoms with Gasteiger partial charge in [0, 0.05) is 45.9 Å². The summed E-state index contributed by atoms with van der Waals surface area (Å²) < 4.78 is 13.7. The highest BCUT2D eigenvalue weighted by atomic mass is 32.1. The van der Waals surface area contributed by atoms with Gasteiger partial charge in [-0.3, -0.25) is 14.9 Å². The SMILES string of the molecule is CC(C)(C)CC(=O)N/C(C=C1CC1)=C/C(=C\N)c1ccc2[nH]nc(-c3cc4c(-c5ccc(F)s5)cncc4[nH]3)c2n1. The first-order valence-electron chi connectivity index (χ1n) is 13.4. The zero-order valence-electron chi connectivity index (χ0n) is 23.0. The number of fused-ring (bicyclic) bond motifs is 2. The Labute approximate surface area is 240 Å². The van der Waals surface area contributed by atoms with E-state index in [4.69, 9.17) is 10.7 Å². The molecule has 5 aromatic heterocycles. The molecule has 10 heteroatoms. The maximum atomic E-state index is 13.7. The second-order valence-corrected chi connectivity index (χ2v) is 12.4. The number of halogens is 1. The summed E-state index contributed by atoms with van der Waals surface area (Å²) in [6, 6.07) is 8.98. The molecule has 0 spiro atoms. The van der Waals surface area contributed by atoms with Crippen molar-refractivity contribution in [1.29, 1.82) is 0 Å². The summed E-state index contributed by atoms with van der Waals surface area (Å²) in [4.78, 5) is 26.2. The summed E-state index contributed by atoms with van der Waals surface area (Å²) in [6.07, 6.45) is 11.3. The second kappa shape index (κ2) is 10.4. The molecule has 0 bridgehead atoms. The summed E-state index contributed by atoms with van der Waals surface area (Å²) >= 11 is 1.08. The van der Waals surface area contributed by atoms with Crippen LogP contribution in [-0.2, 0) is 4.79 Å². The molecule has 6 rings (SSSR count). The number of thiophene rings is 1. The molecule has 0 aromatic carbocycles. The average Bonchev–Trinajstić information content (AvgIpc) is 3.28. The van der Waals surface area contributed by atoms with E-state index in [1.165, 1.54) is 17.8 Å². The van der Waals surface area contributed by atoms with E-state index in [1.54, 1.807) is 18.5 Å². The molecule has 1 saturated carbocycles. The van der Waals surface area contributed by atoms with Gasteiger partial charge in [0.25, 0.3) is 0 Å².